The second kappa shape index (κ2) is 8.34. The van der Waals surface area contributed by atoms with E-state index in [4.69, 9.17) is 0 Å². The predicted molar refractivity (Wildman–Crippen MR) is 102 cm³/mol. The molecule has 1 unspecified atom stereocenters. The molecule has 1 amide bonds. The van der Waals surface area contributed by atoms with Crippen LogP contribution in [0.3, 0.4) is 0 Å². The minimum absolute atomic E-state index is 0.0492. The van der Waals surface area contributed by atoms with Crippen LogP contribution < -0.4 is 10.6 Å². The standard InChI is InChI=1S/C19H25N3O2S/c1-13(17(23)21-15-10-6-3-7-11-15)16-18(24)22-19(25-16)20-12-14-8-4-2-5-9-14/h3,6-7,10-11,13-14,24H,2,4-5,8-9,12H2,1H3,(H,20,22)(H,21,23). The average molecular weight is 359 g/mol. The van der Waals surface area contributed by atoms with Crippen LogP contribution in [-0.2, 0) is 4.79 Å². The van der Waals surface area contributed by atoms with Crippen molar-refractivity contribution < 1.29 is 9.90 Å². The van der Waals surface area contributed by atoms with E-state index < -0.39 is 5.92 Å². The van der Waals surface area contributed by atoms with Crippen LogP contribution in [0.5, 0.6) is 5.88 Å². The van der Waals surface area contributed by atoms with E-state index in [1.165, 1.54) is 43.4 Å². The smallest absolute Gasteiger partial charge is 0.232 e. The van der Waals surface area contributed by atoms with E-state index >= 15 is 0 Å². The SMILES string of the molecule is CC(C(=O)Nc1ccccc1)c1sc(NCC2CCCCC2)nc1O. The van der Waals surface area contributed by atoms with Gasteiger partial charge < -0.3 is 15.7 Å². The molecule has 1 aromatic carbocycles. The maximum atomic E-state index is 12.4. The summed E-state index contributed by atoms with van der Waals surface area (Å²) in [5, 5.41) is 17.0. The molecule has 1 heterocycles. The highest BCUT2D eigenvalue weighted by molar-refractivity contribution is 7.16. The van der Waals surface area contributed by atoms with Crippen LogP contribution in [-0.4, -0.2) is 22.5 Å². The summed E-state index contributed by atoms with van der Waals surface area (Å²) >= 11 is 1.36. The largest absolute Gasteiger partial charge is 0.492 e. The number of rotatable bonds is 6. The van der Waals surface area contributed by atoms with Crippen LogP contribution in [0.2, 0.25) is 0 Å². The lowest BCUT2D eigenvalue weighted by Crippen LogP contribution is -2.18. The molecule has 1 aromatic heterocycles. The topological polar surface area (TPSA) is 74.2 Å². The Kier molecular flexibility index (Phi) is 5.91. The van der Waals surface area contributed by atoms with E-state index in [2.05, 4.69) is 15.6 Å². The number of aromatic nitrogens is 1. The van der Waals surface area contributed by atoms with E-state index in [1.807, 2.05) is 30.3 Å². The Bertz CT molecular complexity index is 696. The molecule has 5 nitrogen and oxygen atoms in total. The number of hydrogen-bond acceptors (Lipinski definition) is 5. The van der Waals surface area contributed by atoms with Gasteiger partial charge in [-0.05, 0) is 37.8 Å². The molecule has 1 aliphatic carbocycles. The Morgan fingerprint density at radius 1 is 1.28 bits per heavy atom. The number of benzene rings is 1. The zero-order valence-electron chi connectivity index (χ0n) is 14.5. The fourth-order valence-electron chi connectivity index (χ4n) is 3.20. The molecule has 1 atom stereocenters. The van der Waals surface area contributed by atoms with Crippen molar-refractivity contribution in [2.75, 3.05) is 17.2 Å². The Hall–Kier alpha value is -2.08. The number of hydrogen-bond donors (Lipinski definition) is 3. The van der Waals surface area contributed by atoms with Gasteiger partial charge in [-0.3, -0.25) is 4.79 Å². The number of nitrogens with one attached hydrogen (secondary N) is 2. The maximum absolute atomic E-state index is 12.4. The van der Waals surface area contributed by atoms with Gasteiger partial charge in [-0.25, -0.2) is 0 Å². The third-order valence-electron chi connectivity index (χ3n) is 4.73. The van der Waals surface area contributed by atoms with E-state index in [0.29, 0.717) is 15.9 Å². The van der Waals surface area contributed by atoms with Crippen molar-refractivity contribution in [3.63, 3.8) is 0 Å². The van der Waals surface area contributed by atoms with Gasteiger partial charge in [-0.2, -0.15) is 4.98 Å². The van der Waals surface area contributed by atoms with Gasteiger partial charge in [0.1, 0.15) is 0 Å². The van der Waals surface area contributed by atoms with Gasteiger partial charge in [-0.1, -0.05) is 48.8 Å². The molecule has 0 saturated heterocycles. The molecule has 0 aliphatic heterocycles. The fraction of sp³-hybridized carbons (Fsp3) is 0.474. The number of thiazole rings is 1. The van der Waals surface area contributed by atoms with Gasteiger partial charge in [0.15, 0.2) is 5.13 Å². The predicted octanol–water partition coefficient (Wildman–Crippen LogP) is 4.58. The Balaban J connectivity index is 1.59. The zero-order valence-corrected chi connectivity index (χ0v) is 15.3. The second-order valence-electron chi connectivity index (χ2n) is 6.67. The number of nitrogens with zero attached hydrogens (tertiary/aromatic N) is 1. The van der Waals surface area contributed by atoms with Crippen molar-refractivity contribution in [1.82, 2.24) is 4.98 Å². The lowest BCUT2D eigenvalue weighted by Gasteiger charge is -2.21. The third-order valence-corrected chi connectivity index (χ3v) is 5.91. The first-order valence-electron chi connectivity index (χ1n) is 8.93. The van der Waals surface area contributed by atoms with Crippen LogP contribution in [0.1, 0.15) is 49.8 Å². The van der Waals surface area contributed by atoms with Crippen LogP contribution >= 0.6 is 11.3 Å². The first-order chi connectivity index (χ1) is 12.1. The van der Waals surface area contributed by atoms with E-state index in [1.54, 1.807) is 6.92 Å². The number of para-hydroxylation sites is 1. The molecular formula is C19H25N3O2S. The summed E-state index contributed by atoms with van der Waals surface area (Å²) in [4.78, 5) is 17.2. The Morgan fingerprint density at radius 2 is 2.00 bits per heavy atom. The van der Waals surface area contributed by atoms with E-state index in [-0.39, 0.29) is 11.8 Å². The first-order valence-corrected chi connectivity index (χ1v) is 9.74. The van der Waals surface area contributed by atoms with Gasteiger partial charge in [-0.15, -0.1) is 0 Å². The van der Waals surface area contributed by atoms with Gasteiger partial charge in [0.2, 0.25) is 11.8 Å². The molecule has 3 rings (SSSR count). The van der Waals surface area contributed by atoms with Gasteiger partial charge in [0.25, 0.3) is 0 Å². The Morgan fingerprint density at radius 3 is 2.72 bits per heavy atom. The number of carbonyl (C=O) groups is 1. The summed E-state index contributed by atoms with van der Waals surface area (Å²) in [5.41, 5.74) is 0.749. The lowest BCUT2D eigenvalue weighted by atomic mass is 9.89. The number of anilines is 2. The maximum Gasteiger partial charge on any atom is 0.232 e. The fourth-order valence-corrected chi connectivity index (χ4v) is 4.11. The number of carbonyl (C=O) groups excluding carboxylic acids is 1. The van der Waals surface area contributed by atoms with Crippen LogP contribution in [0.25, 0.3) is 0 Å². The summed E-state index contributed by atoms with van der Waals surface area (Å²) in [6.45, 7) is 2.67. The summed E-state index contributed by atoms with van der Waals surface area (Å²) in [5.74, 6) is 0.0285. The molecule has 25 heavy (non-hydrogen) atoms. The van der Waals surface area contributed by atoms with Crippen molar-refractivity contribution in [1.29, 1.82) is 0 Å². The zero-order chi connectivity index (χ0) is 17.6. The molecule has 0 spiro atoms. The van der Waals surface area contributed by atoms with Crippen molar-refractivity contribution in [3.05, 3.63) is 35.2 Å². The van der Waals surface area contributed by atoms with Crippen molar-refractivity contribution in [2.45, 2.75) is 44.9 Å². The van der Waals surface area contributed by atoms with E-state index in [9.17, 15) is 9.90 Å². The van der Waals surface area contributed by atoms with Crippen LogP contribution in [0.15, 0.2) is 30.3 Å². The third kappa shape index (κ3) is 4.72. The van der Waals surface area contributed by atoms with Crippen molar-refractivity contribution in [2.24, 2.45) is 5.92 Å². The molecule has 0 bridgehead atoms. The van der Waals surface area contributed by atoms with Gasteiger partial charge in [0, 0.05) is 12.2 Å². The second-order valence-corrected chi connectivity index (χ2v) is 7.70. The minimum atomic E-state index is -0.456. The summed E-state index contributed by atoms with van der Waals surface area (Å²) in [6, 6.07) is 9.33. The molecule has 1 aliphatic rings. The first kappa shape index (κ1) is 17.7. The molecule has 6 heteroatoms. The summed E-state index contributed by atoms with van der Waals surface area (Å²) in [6.07, 6.45) is 6.46. The lowest BCUT2D eigenvalue weighted by molar-refractivity contribution is -0.117. The highest BCUT2D eigenvalue weighted by Gasteiger charge is 2.23. The molecule has 134 valence electrons. The van der Waals surface area contributed by atoms with Crippen molar-refractivity contribution >= 4 is 28.1 Å². The summed E-state index contributed by atoms with van der Waals surface area (Å²) in [7, 11) is 0. The molecule has 2 aromatic rings. The van der Waals surface area contributed by atoms with Gasteiger partial charge >= 0.3 is 0 Å². The minimum Gasteiger partial charge on any atom is -0.492 e. The van der Waals surface area contributed by atoms with Crippen molar-refractivity contribution in [3.8, 4) is 5.88 Å². The van der Waals surface area contributed by atoms with Crippen LogP contribution in [0.4, 0.5) is 10.8 Å². The molecule has 0 radical (unpaired) electrons. The normalized spacial score (nSPS) is 16.4. The number of amides is 1. The average Bonchev–Trinajstić information content (AvgIpc) is 3.01. The monoisotopic (exact) mass is 359 g/mol. The highest BCUT2D eigenvalue weighted by atomic mass is 32.1. The molecule has 3 N–H and O–H groups in total. The molecule has 1 fully saturated rings. The van der Waals surface area contributed by atoms with Crippen LogP contribution in [0, 0.1) is 5.92 Å². The summed E-state index contributed by atoms with van der Waals surface area (Å²) < 4.78 is 0. The molecule has 1 saturated carbocycles. The quantitative estimate of drug-likeness (QED) is 0.705. The van der Waals surface area contributed by atoms with Gasteiger partial charge in [0.05, 0.1) is 10.8 Å². The van der Waals surface area contributed by atoms with E-state index in [0.717, 1.165) is 12.2 Å². The molecular weight excluding hydrogens is 334 g/mol. The number of aromatic hydroxyl groups is 1. The highest BCUT2D eigenvalue weighted by Crippen LogP contribution is 2.35. The Labute approximate surface area is 152 Å².